The van der Waals surface area contributed by atoms with Gasteiger partial charge in [0.05, 0.1) is 10.6 Å². The quantitative estimate of drug-likeness (QED) is 0.548. The summed E-state index contributed by atoms with van der Waals surface area (Å²) in [6.07, 6.45) is 6.09. The van der Waals surface area contributed by atoms with Crippen LogP contribution in [-0.2, 0) is 4.79 Å². The summed E-state index contributed by atoms with van der Waals surface area (Å²) in [4.78, 5) is 32.7. The number of carbonyl (C=O) groups excluding carboxylic acids is 2. The summed E-state index contributed by atoms with van der Waals surface area (Å²) >= 11 is 1.52. The average molecular weight is 439 g/mol. The SMILES string of the molecule is CC(=O)c1sc(-c2ccccc2)cc1N(C(=O)C1CCC(C)CC1)C1CCN(C)CC1. The Morgan fingerprint density at radius 1 is 1.00 bits per heavy atom. The summed E-state index contributed by atoms with van der Waals surface area (Å²) in [7, 11) is 2.14. The van der Waals surface area contributed by atoms with Gasteiger partial charge in [0.25, 0.3) is 0 Å². The summed E-state index contributed by atoms with van der Waals surface area (Å²) in [5.41, 5.74) is 1.94. The molecule has 1 aromatic carbocycles. The third-order valence-corrected chi connectivity index (χ3v) is 8.28. The summed E-state index contributed by atoms with van der Waals surface area (Å²) in [6.45, 7) is 5.89. The van der Waals surface area contributed by atoms with Gasteiger partial charge in [-0.05, 0) is 76.2 Å². The van der Waals surface area contributed by atoms with Crippen molar-refractivity contribution in [1.29, 1.82) is 0 Å². The minimum Gasteiger partial charge on any atom is -0.307 e. The van der Waals surface area contributed by atoms with E-state index in [0.29, 0.717) is 5.92 Å². The van der Waals surface area contributed by atoms with Crippen LogP contribution in [0.15, 0.2) is 36.4 Å². The monoisotopic (exact) mass is 438 g/mol. The van der Waals surface area contributed by atoms with Crippen LogP contribution in [-0.4, -0.2) is 42.8 Å². The number of nitrogens with zero attached hydrogens (tertiary/aromatic N) is 2. The minimum atomic E-state index is 0.0465. The lowest BCUT2D eigenvalue weighted by atomic mass is 9.82. The first-order chi connectivity index (χ1) is 14.9. The Balaban J connectivity index is 1.73. The molecule has 1 aromatic heterocycles. The number of amides is 1. The van der Waals surface area contributed by atoms with E-state index in [4.69, 9.17) is 0 Å². The van der Waals surface area contributed by atoms with Crippen LogP contribution in [0.25, 0.3) is 10.4 Å². The molecule has 31 heavy (non-hydrogen) atoms. The number of rotatable bonds is 5. The smallest absolute Gasteiger partial charge is 0.230 e. The van der Waals surface area contributed by atoms with Crippen molar-refractivity contribution in [2.24, 2.45) is 11.8 Å². The van der Waals surface area contributed by atoms with Gasteiger partial charge in [0, 0.05) is 23.8 Å². The van der Waals surface area contributed by atoms with E-state index in [1.54, 1.807) is 6.92 Å². The number of Topliss-reactive ketones (excluding diaryl/α,β-unsaturated/α-hetero) is 1. The van der Waals surface area contributed by atoms with E-state index < -0.39 is 0 Å². The number of piperidine rings is 1. The van der Waals surface area contributed by atoms with Gasteiger partial charge in [0.1, 0.15) is 0 Å². The van der Waals surface area contributed by atoms with E-state index >= 15 is 0 Å². The highest BCUT2D eigenvalue weighted by molar-refractivity contribution is 7.18. The van der Waals surface area contributed by atoms with Crippen LogP contribution in [0.3, 0.4) is 0 Å². The molecule has 1 amide bonds. The molecule has 0 spiro atoms. The Kier molecular flexibility index (Phi) is 6.92. The van der Waals surface area contributed by atoms with Gasteiger partial charge in [-0.25, -0.2) is 0 Å². The molecule has 1 saturated carbocycles. The molecule has 4 nitrogen and oxygen atoms in total. The van der Waals surface area contributed by atoms with Crippen molar-refractivity contribution < 1.29 is 9.59 Å². The van der Waals surface area contributed by atoms with Crippen molar-refractivity contribution in [2.75, 3.05) is 25.0 Å². The molecule has 2 fully saturated rings. The number of anilines is 1. The average Bonchev–Trinajstić information content (AvgIpc) is 3.22. The van der Waals surface area contributed by atoms with Crippen LogP contribution < -0.4 is 4.90 Å². The van der Waals surface area contributed by atoms with E-state index in [2.05, 4.69) is 37.1 Å². The number of likely N-dealkylation sites (tertiary alicyclic amines) is 1. The molecule has 1 aliphatic carbocycles. The standard InChI is InChI=1S/C26H34N2O2S/c1-18-9-11-21(12-10-18)26(30)28(22-13-15-27(3)16-14-22)23-17-24(31-25(23)19(2)29)20-7-5-4-6-8-20/h4-8,17-18,21-22H,9-16H2,1-3H3. The fraction of sp³-hybridized carbons (Fsp3) is 0.538. The highest BCUT2D eigenvalue weighted by atomic mass is 32.1. The van der Waals surface area contributed by atoms with Crippen LogP contribution in [0.1, 0.15) is 62.0 Å². The molecular formula is C26H34N2O2S. The Bertz CT molecular complexity index is 907. The Hall–Kier alpha value is -1.98. The lowest BCUT2D eigenvalue weighted by Gasteiger charge is -2.40. The summed E-state index contributed by atoms with van der Waals surface area (Å²) < 4.78 is 0. The molecule has 0 unspecified atom stereocenters. The van der Waals surface area contributed by atoms with Crippen LogP contribution in [0.4, 0.5) is 5.69 Å². The van der Waals surface area contributed by atoms with E-state index in [1.807, 2.05) is 23.1 Å². The Morgan fingerprint density at radius 2 is 1.65 bits per heavy atom. The maximum Gasteiger partial charge on any atom is 0.230 e. The normalized spacial score (nSPS) is 22.9. The van der Waals surface area contributed by atoms with Gasteiger partial charge in [0.15, 0.2) is 5.78 Å². The van der Waals surface area contributed by atoms with E-state index in [9.17, 15) is 9.59 Å². The first kappa shape index (κ1) is 22.2. The fourth-order valence-corrected chi connectivity index (χ4v) is 6.06. The lowest BCUT2D eigenvalue weighted by molar-refractivity contribution is -0.124. The molecule has 166 valence electrons. The molecule has 2 heterocycles. The molecule has 4 rings (SSSR count). The van der Waals surface area contributed by atoms with Crippen LogP contribution in [0.2, 0.25) is 0 Å². The zero-order valence-electron chi connectivity index (χ0n) is 19.0. The van der Waals surface area contributed by atoms with Crippen molar-refractivity contribution in [3.8, 4) is 10.4 Å². The number of carbonyl (C=O) groups is 2. The second-order valence-electron chi connectivity index (χ2n) is 9.45. The van der Waals surface area contributed by atoms with E-state index in [0.717, 1.165) is 72.6 Å². The first-order valence-electron chi connectivity index (χ1n) is 11.7. The molecular weight excluding hydrogens is 404 g/mol. The fourth-order valence-electron chi connectivity index (χ4n) is 5.01. The van der Waals surface area contributed by atoms with Gasteiger partial charge in [-0.1, -0.05) is 37.3 Å². The predicted octanol–water partition coefficient (Wildman–Crippen LogP) is 5.87. The van der Waals surface area contributed by atoms with Gasteiger partial charge in [-0.15, -0.1) is 11.3 Å². The summed E-state index contributed by atoms with van der Waals surface area (Å²) in [5.74, 6) is 1.07. The van der Waals surface area contributed by atoms with Gasteiger partial charge >= 0.3 is 0 Å². The summed E-state index contributed by atoms with van der Waals surface area (Å²) in [6, 6.07) is 12.4. The number of benzene rings is 1. The number of hydrogen-bond acceptors (Lipinski definition) is 4. The molecule has 2 aliphatic rings. The molecule has 5 heteroatoms. The zero-order valence-corrected chi connectivity index (χ0v) is 19.8. The molecule has 0 radical (unpaired) electrons. The van der Waals surface area contributed by atoms with Crippen molar-refractivity contribution in [3.05, 3.63) is 41.3 Å². The third kappa shape index (κ3) is 4.93. The second kappa shape index (κ2) is 9.66. The molecule has 0 N–H and O–H groups in total. The van der Waals surface area contributed by atoms with Crippen molar-refractivity contribution in [2.45, 2.75) is 58.4 Å². The topological polar surface area (TPSA) is 40.6 Å². The van der Waals surface area contributed by atoms with Crippen molar-refractivity contribution >= 4 is 28.7 Å². The number of hydrogen-bond donors (Lipinski definition) is 0. The number of ketones is 1. The van der Waals surface area contributed by atoms with E-state index in [-0.39, 0.29) is 23.7 Å². The minimum absolute atomic E-state index is 0.0465. The molecule has 2 aromatic rings. The maximum absolute atomic E-state index is 13.9. The van der Waals surface area contributed by atoms with Gasteiger partial charge in [-0.3, -0.25) is 9.59 Å². The zero-order chi connectivity index (χ0) is 22.0. The molecule has 1 saturated heterocycles. The second-order valence-corrected chi connectivity index (χ2v) is 10.5. The van der Waals surface area contributed by atoms with Gasteiger partial charge < -0.3 is 9.80 Å². The van der Waals surface area contributed by atoms with Crippen LogP contribution >= 0.6 is 11.3 Å². The van der Waals surface area contributed by atoms with E-state index in [1.165, 1.54) is 11.3 Å². The van der Waals surface area contributed by atoms with Crippen LogP contribution in [0.5, 0.6) is 0 Å². The Morgan fingerprint density at radius 3 is 2.26 bits per heavy atom. The molecule has 0 atom stereocenters. The van der Waals surface area contributed by atoms with Gasteiger partial charge in [-0.2, -0.15) is 0 Å². The van der Waals surface area contributed by atoms with Crippen molar-refractivity contribution in [3.63, 3.8) is 0 Å². The van der Waals surface area contributed by atoms with Crippen LogP contribution in [0, 0.1) is 11.8 Å². The number of thiophene rings is 1. The largest absolute Gasteiger partial charge is 0.307 e. The van der Waals surface area contributed by atoms with Gasteiger partial charge in [0.2, 0.25) is 5.91 Å². The first-order valence-corrected chi connectivity index (χ1v) is 12.5. The third-order valence-electron chi connectivity index (χ3n) is 7.01. The predicted molar refractivity (Wildman–Crippen MR) is 129 cm³/mol. The highest BCUT2D eigenvalue weighted by Crippen LogP contribution is 2.41. The summed E-state index contributed by atoms with van der Waals surface area (Å²) in [5, 5.41) is 0. The lowest BCUT2D eigenvalue weighted by Crippen LogP contribution is -2.49. The Labute approximate surface area is 190 Å². The molecule has 0 bridgehead atoms. The highest BCUT2D eigenvalue weighted by Gasteiger charge is 2.36. The molecule has 1 aliphatic heterocycles. The van der Waals surface area contributed by atoms with Crippen molar-refractivity contribution in [1.82, 2.24) is 4.90 Å². The maximum atomic E-state index is 13.9.